The van der Waals surface area contributed by atoms with Crippen molar-refractivity contribution in [3.05, 3.63) is 47.9 Å². The number of hydrogen-bond acceptors (Lipinski definition) is 7. The molecule has 1 unspecified atom stereocenters. The largest absolute Gasteiger partial charge is 0.459 e. The van der Waals surface area contributed by atoms with Gasteiger partial charge < -0.3 is 28.8 Å². The van der Waals surface area contributed by atoms with Crippen molar-refractivity contribution >= 4 is 17.7 Å². The van der Waals surface area contributed by atoms with Crippen LogP contribution in [-0.2, 0) is 9.53 Å². The van der Waals surface area contributed by atoms with Crippen LogP contribution in [0.4, 0.5) is 0 Å². The van der Waals surface area contributed by atoms with Gasteiger partial charge in [0.1, 0.15) is 11.8 Å². The predicted octanol–water partition coefficient (Wildman–Crippen LogP) is 2.01. The van der Waals surface area contributed by atoms with Gasteiger partial charge in [-0.15, -0.1) is 0 Å². The molecule has 180 valence electrons. The van der Waals surface area contributed by atoms with Crippen LogP contribution in [0.25, 0.3) is 0 Å². The van der Waals surface area contributed by atoms with Crippen LogP contribution in [-0.4, -0.2) is 72.3 Å². The van der Waals surface area contributed by atoms with Gasteiger partial charge in [-0.05, 0) is 36.8 Å². The summed E-state index contributed by atoms with van der Waals surface area (Å²) in [5.41, 5.74) is -0.475. The van der Waals surface area contributed by atoms with Gasteiger partial charge in [0.2, 0.25) is 12.7 Å². The number of piperidine rings is 1. The Labute approximate surface area is 196 Å². The fourth-order valence-electron chi connectivity index (χ4n) is 4.72. The Morgan fingerprint density at radius 2 is 1.88 bits per heavy atom. The van der Waals surface area contributed by atoms with E-state index in [0.717, 1.165) is 6.42 Å². The molecule has 2 saturated heterocycles. The maximum Gasteiger partial charge on any atom is 0.292 e. The summed E-state index contributed by atoms with van der Waals surface area (Å²) in [6.45, 7) is 3.46. The SMILES string of the molecule is CCCNC(=O)C1COC2(CCN(C(=O)c3ccc4c(c3)OCO4)CC2)N1C(=O)c1ccco1. The Bertz CT molecular complexity index is 1080. The zero-order chi connectivity index (χ0) is 23.7. The Morgan fingerprint density at radius 3 is 2.62 bits per heavy atom. The van der Waals surface area contributed by atoms with Crippen LogP contribution >= 0.6 is 0 Å². The molecule has 10 nitrogen and oxygen atoms in total. The average molecular weight is 469 g/mol. The number of likely N-dealkylation sites (tertiary alicyclic amines) is 1. The van der Waals surface area contributed by atoms with Crippen molar-refractivity contribution in [3.8, 4) is 11.5 Å². The van der Waals surface area contributed by atoms with E-state index in [1.54, 1.807) is 35.2 Å². The van der Waals surface area contributed by atoms with Crippen molar-refractivity contribution in [1.82, 2.24) is 15.1 Å². The highest BCUT2D eigenvalue weighted by molar-refractivity contribution is 5.97. The normalized spacial score (nSPS) is 20.6. The van der Waals surface area contributed by atoms with Gasteiger partial charge in [0, 0.05) is 38.0 Å². The molecule has 1 spiro atoms. The number of furan rings is 1. The molecule has 34 heavy (non-hydrogen) atoms. The molecule has 3 aliphatic heterocycles. The first-order valence-electron chi connectivity index (χ1n) is 11.5. The van der Waals surface area contributed by atoms with E-state index in [9.17, 15) is 14.4 Å². The average Bonchev–Trinajstić information content (AvgIpc) is 3.62. The molecule has 1 aromatic carbocycles. The molecule has 0 bridgehead atoms. The topological polar surface area (TPSA) is 111 Å². The predicted molar refractivity (Wildman–Crippen MR) is 118 cm³/mol. The fraction of sp³-hybridized carbons (Fsp3) is 0.458. The van der Waals surface area contributed by atoms with Crippen LogP contribution < -0.4 is 14.8 Å². The van der Waals surface area contributed by atoms with E-state index in [4.69, 9.17) is 18.6 Å². The summed E-state index contributed by atoms with van der Waals surface area (Å²) in [7, 11) is 0. The number of fused-ring (bicyclic) bond motifs is 1. The molecule has 3 aliphatic rings. The molecule has 0 saturated carbocycles. The third-order valence-corrected chi connectivity index (χ3v) is 6.51. The zero-order valence-corrected chi connectivity index (χ0v) is 19.0. The summed E-state index contributed by atoms with van der Waals surface area (Å²) in [6.07, 6.45) is 2.98. The van der Waals surface area contributed by atoms with Crippen molar-refractivity contribution in [2.24, 2.45) is 0 Å². The second-order valence-electron chi connectivity index (χ2n) is 8.58. The van der Waals surface area contributed by atoms with Crippen LogP contribution in [0.1, 0.15) is 47.1 Å². The van der Waals surface area contributed by atoms with Gasteiger partial charge in [0.15, 0.2) is 17.3 Å². The Kier molecular flexibility index (Phi) is 5.91. The minimum atomic E-state index is -0.982. The fourth-order valence-corrected chi connectivity index (χ4v) is 4.72. The van der Waals surface area contributed by atoms with Crippen LogP contribution in [0, 0.1) is 0 Å². The lowest BCUT2D eigenvalue weighted by Crippen LogP contribution is -2.59. The highest BCUT2D eigenvalue weighted by Crippen LogP contribution is 2.39. The number of rotatable bonds is 5. The molecule has 1 aromatic heterocycles. The number of carbonyl (C=O) groups excluding carboxylic acids is 3. The number of amides is 3. The lowest BCUT2D eigenvalue weighted by atomic mass is 9.96. The first-order chi connectivity index (χ1) is 16.5. The van der Waals surface area contributed by atoms with Crippen molar-refractivity contribution in [2.45, 2.75) is 38.0 Å². The second kappa shape index (κ2) is 9.02. The van der Waals surface area contributed by atoms with Gasteiger partial charge in [0.25, 0.3) is 11.8 Å². The van der Waals surface area contributed by atoms with Gasteiger partial charge in [-0.1, -0.05) is 6.92 Å². The van der Waals surface area contributed by atoms with E-state index in [-0.39, 0.29) is 31.0 Å². The molecule has 1 atom stereocenters. The van der Waals surface area contributed by atoms with Gasteiger partial charge in [-0.2, -0.15) is 0 Å². The quantitative estimate of drug-likeness (QED) is 0.713. The van der Waals surface area contributed by atoms with Crippen molar-refractivity contribution in [2.75, 3.05) is 33.0 Å². The molecule has 3 amide bonds. The molecule has 0 radical (unpaired) electrons. The minimum absolute atomic E-state index is 0.0953. The summed E-state index contributed by atoms with van der Waals surface area (Å²) in [5, 5.41) is 2.87. The summed E-state index contributed by atoms with van der Waals surface area (Å²) in [6, 6.07) is 7.57. The highest BCUT2D eigenvalue weighted by atomic mass is 16.7. The summed E-state index contributed by atoms with van der Waals surface area (Å²) in [5.74, 6) is 0.541. The zero-order valence-electron chi connectivity index (χ0n) is 19.0. The van der Waals surface area contributed by atoms with Crippen LogP contribution in [0.3, 0.4) is 0 Å². The maximum atomic E-state index is 13.4. The smallest absolute Gasteiger partial charge is 0.292 e. The Hall–Kier alpha value is -3.53. The molecule has 2 aromatic rings. The molecule has 5 rings (SSSR count). The van der Waals surface area contributed by atoms with Crippen LogP contribution in [0.15, 0.2) is 41.0 Å². The summed E-state index contributed by atoms with van der Waals surface area (Å²) >= 11 is 0. The van der Waals surface area contributed by atoms with E-state index in [0.29, 0.717) is 49.5 Å². The van der Waals surface area contributed by atoms with Crippen molar-refractivity contribution in [1.29, 1.82) is 0 Å². The number of carbonyl (C=O) groups is 3. The van der Waals surface area contributed by atoms with E-state index in [2.05, 4.69) is 5.32 Å². The summed E-state index contributed by atoms with van der Waals surface area (Å²) < 4.78 is 22.2. The molecule has 2 fully saturated rings. The van der Waals surface area contributed by atoms with E-state index in [1.165, 1.54) is 11.2 Å². The number of benzene rings is 1. The third-order valence-electron chi connectivity index (χ3n) is 6.51. The van der Waals surface area contributed by atoms with E-state index in [1.807, 2.05) is 6.92 Å². The van der Waals surface area contributed by atoms with Gasteiger partial charge in [0.05, 0.1) is 12.9 Å². The van der Waals surface area contributed by atoms with Crippen LogP contribution in [0.2, 0.25) is 0 Å². The third kappa shape index (κ3) is 3.87. The van der Waals surface area contributed by atoms with Gasteiger partial charge in [-0.25, -0.2) is 0 Å². The summed E-state index contributed by atoms with van der Waals surface area (Å²) in [4.78, 5) is 42.6. The highest BCUT2D eigenvalue weighted by Gasteiger charge is 2.54. The van der Waals surface area contributed by atoms with Gasteiger partial charge >= 0.3 is 0 Å². The second-order valence-corrected chi connectivity index (χ2v) is 8.58. The van der Waals surface area contributed by atoms with E-state index >= 15 is 0 Å². The number of nitrogens with zero attached hydrogens (tertiary/aromatic N) is 2. The Balaban J connectivity index is 1.34. The standard InChI is InChI=1S/C24H27N3O7/c1-2-9-25-21(28)17-14-34-24(27(17)23(30)19-4-3-12-31-19)7-10-26(11-8-24)22(29)16-5-6-18-20(13-16)33-15-32-18/h3-6,12-13,17H,2,7-11,14-15H2,1H3,(H,25,28). The molecule has 4 heterocycles. The van der Waals surface area contributed by atoms with Crippen LogP contribution in [0.5, 0.6) is 11.5 Å². The van der Waals surface area contributed by atoms with E-state index < -0.39 is 17.7 Å². The lowest BCUT2D eigenvalue weighted by molar-refractivity contribution is -0.128. The number of ether oxygens (including phenoxy) is 3. The number of nitrogens with one attached hydrogen (secondary N) is 1. The lowest BCUT2D eigenvalue weighted by Gasteiger charge is -2.44. The first kappa shape index (κ1) is 22.3. The van der Waals surface area contributed by atoms with Gasteiger partial charge in [-0.3, -0.25) is 19.3 Å². The van der Waals surface area contributed by atoms with Crippen molar-refractivity contribution < 1.29 is 33.0 Å². The minimum Gasteiger partial charge on any atom is -0.459 e. The molecule has 10 heteroatoms. The molecular formula is C24H27N3O7. The molecule has 1 N–H and O–H groups in total. The first-order valence-corrected chi connectivity index (χ1v) is 11.5. The van der Waals surface area contributed by atoms with Crippen molar-refractivity contribution in [3.63, 3.8) is 0 Å². The maximum absolute atomic E-state index is 13.4. The number of hydrogen-bond donors (Lipinski definition) is 1. The molecule has 0 aliphatic carbocycles. The molecular weight excluding hydrogens is 442 g/mol. The Morgan fingerprint density at radius 1 is 1.09 bits per heavy atom. The monoisotopic (exact) mass is 469 g/mol.